The Hall–Kier alpha value is -3.22. The van der Waals surface area contributed by atoms with Crippen LogP contribution in [0.3, 0.4) is 0 Å². The molecule has 4 amide bonds. The molecule has 0 aliphatic carbocycles. The van der Waals surface area contributed by atoms with Crippen LogP contribution in [-0.4, -0.2) is 30.7 Å². The van der Waals surface area contributed by atoms with Crippen LogP contribution in [0.1, 0.15) is 13.8 Å². The number of rotatable bonds is 3. The lowest BCUT2D eigenvalue weighted by atomic mass is 10.2. The number of amides is 4. The molecular weight excluding hydrogens is 310 g/mol. The van der Waals surface area contributed by atoms with Crippen molar-refractivity contribution in [2.24, 2.45) is 0 Å². The smallest absolute Gasteiger partial charge is 0.261 e. The van der Waals surface area contributed by atoms with Crippen LogP contribution in [0.2, 0.25) is 0 Å². The molecule has 0 aromatic heterocycles. The van der Waals surface area contributed by atoms with Gasteiger partial charge in [-0.25, -0.2) is 9.80 Å². The zero-order chi connectivity index (χ0) is 17.6. The van der Waals surface area contributed by atoms with Crippen molar-refractivity contribution in [1.82, 2.24) is 0 Å². The largest absolute Gasteiger partial charge is 0.388 e. The molecule has 0 saturated heterocycles. The van der Waals surface area contributed by atoms with Crippen molar-refractivity contribution in [3.8, 4) is 0 Å². The molecule has 2 aliphatic heterocycles. The topological polar surface area (TPSA) is 86.8 Å². The van der Waals surface area contributed by atoms with E-state index >= 15 is 0 Å². The highest BCUT2D eigenvalue weighted by atomic mass is 16.2. The van der Waals surface area contributed by atoms with E-state index in [2.05, 4.69) is 5.32 Å². The Morgan fingerprint density at radius 1 is 0.750 bits per heavy atom. The van der Waals surface area contributed by atoms with Crippen molar-refractivity contribution in [2.45, 2.75) is 13.8 Å². The van der Waals surface area contributed by atoms with Gasteiger partial charge in [-0.1, -0.05) is 0 Å². The van der Waals surface area contributed by atoms with Crippen molar-refractivity contribution in [3.05, 3.63) is 41.5 Å². The quantitative estimate of drug-likeness (QED) is 0.848. The van der Waals surface area contributed by atoms with Crippen LogP contribution >= 0.6 is 0 Å². The molecule has 0 fully saturated rings. The molecule has 7 nitrogen and oxygen atoms in total. The highest BCUT2D eigenvalue weighted by Gasteiger charge is 2.33. The predicted octanol–water partition coefficient (Wildman–Crippen LogP) is 1.37. The van der Waals surface area contributed by atoms with E-state index in [-0.39, 0.29) is 0 Å². The fourth-order valence-electron chi connectivity index (χ4n) is 2.66. The summed E-state index contributed by atoms with van der Waals surface area (Å²) >= 11 is 0. The molecule has 0 atom stereocenters. The Morgan fingerprint density at radius 2 is 1.17 bits per heavy atom. The third-order valence-corrected chi connectivity index (χ3v) is 3.91. The molecule has 0 radical (unpaired) electrons. The van der Waals surface area contributed by atoms with Gasteiger partial charge in [0.25, 0.3) is 23.6 Å². The number of carbonyl (C=O) groups is 4. The molecule has 1 aromatic rings. The number of benzene rings is 1. The molecule has 0 spiro atoms. The summed E-state index contributed by atoms with van der Waals surface area (Å²) in [5.74, 6) is -1.75. The molecule has 2 aliphatic rings. The van der Waals surface area contributed by atoms with Crippen LogP contribution in [0.4, 0.5) is 17.1 Å². The van der Waals surface area contributed by atoms with E-state index in [1.54, 1.807) is 33.0 Å². The molecule has 0 unspecified atom stereocenters. The summed E-state index contributed by atoms with van der Waals surface area (Å²) in [5, 5.41) is 2.90. The molecule has 3 rings (SSSR count). The lowest BCUT2D eigenvalue weighted by Crippen LogP contribution is -2.33. The molecule has 7 heteroatoms. The molecule has 24 heavy (non-hydrogen) atoms. The van der Waals surface area contributed by atoms with Crippen molar-refractivity contribution in [2.75, 3.05) is 22.2 Å². The van der Waals surface area contributed by atoms with Gasteiger partial charge in [0.05, 0.1) is 11.4 Å². The predicted molar refractivity (Wildman–Crippen MR) is 88.5 cm³/mol. The maximum Gasteiger partial charge on any atom is 0.261 e. The van der Waals surface area contributed by atoms with Gasteiger partial charge in [-0.2, -0.15) is 0 Å². The monoisotopic (exact) mass is 325 g/mol. The Bertz CT molecular complexity index is 800. The van der Waals surface area contributed by atoms with Crippen molar-refractivity contribution < 1.29 is 19.2 Å². The van der Waals surface area contributed by atoms with Crippen molar-refractivity contribution in [3.63, 3.8) is 0 Å². The van der Waals surface area contributed by atoms with E-state index in [1.807, 2.05) is 0 Å². The third kappa shape index (κ3) is 2.30. The normalized spacial score (nSPS) is 17.6. The summed E-state index contributed by atoms with van der Waals surface area (Å²) in [4.78, 5) is 50.5. The first-order chi connectivity index (χ1) is 11.3. The van der Waals surface area contributed by atoms with E-state index < -0.39 is 23.6 Å². The molecule has 122 valence electrons. The SMILES string of the molecule is CNc1cc(N2C(=O)C=C(C)C2=O)cc(N2C(=O)C=C(C)C2=O)c1. The second kappa shape index (κ2) is 5.45. The first-order valence-corrected chi connectivity index (χ1v) is 7.29. The fourth-order valence-corrected chi connectivity index (χ4v) is 2.66. The zero-order valence-corrected chi connectivity index (χ0v) is 13.4. The Balaban J connectivity index is 2.08. The molecule has 2 heterocycles. The van der Waals surface area contributed by atoms with Gasteiger partial charge >= 0.3 is 0 Å². The van der Waals surface area contributed by atoms with Crippen LogP contribution in [0.5, 0.6) is 0 Å². The highest BCUT2D eigenvalue weighted by molar-refractivity contribution is 6.32. The van der Waals surface area contributed by atoms with E-state index in [0.717, 1.165) is 9.80 Å². The average Bonchev–Trinajstić information content (AvgIpc) is 2.93. The lowest BCUT2D eigenvalue weighted by Gasteiger charge is -2.21. The molecule has 0 saturated carbocycles. The van der Waals surface area contributed by atoms with Gasteiger partial charge in [0.2, 0.25) is 0 Å². The summed E-state index contributed by atoms with van der Waals surface area (Å²) in [6.07, 6.45) is 2.51. The van der Waals surface area contributed by atoms with E-state index in [1.165, 1.54) is 18.2 Å². The van der Waals surface area contributed by atoms with Crippen LogP contribution in [0.15, 0.2) is 41.5 Å². The first kappa shape index (κ1) is 15.7. The van der Waals surface area contributed by atoms with Gasteiger partial charge in [0, 0.05) is 36.0 Å². The number of hydrogen-bond acceptors (Lipinski definition) is 5. The molecule has 1 N–H and O–H groups in total. The Morgan fingerprint density at radius 3 is 1.46 bits per heavy atom. The van der Waals surface area contributed by atoms with Gasteiger partial charge in [-0.3, -0.25) is 19.2 Å². The zero-order valence-electron chi connectivity index (χ0n) is 13.4. The van der Waals surface area contributed by atoms with Crippen LogP contribution in [0.25, 0.3) is 0 Å². The average molecular weight is 325 g/mol. The summed E-state index contributed by atoms with van der Waals surface area (Å²) < 4.78 is 0. The minimum Gasteiger partial charge on any atom is -0.388 e. The Labute approximate surface area is 138 Å². The highest BCUT2D eigenvalue weighted by Crippen LogP contribution is 2.32. The second-order valence-corrected chi connectivity index (χ2v) is 5.60. The van der Waals surface area contributed by atoms with Gasteiger partial charge in [-0.05, 0) is 32.0 Å². The minimum absolute atomic E-state index is 0.296. The number of nitrogens with zero attached hydrogens (tertiary/aromatic N) is 2. The van der Waals surface area contributed by atoms with Crippen molar-refractivity contribution >= 4 is 40.7 Å². The number of carbonyl (C=O) groups excluding carboxylic acids is 4. The summed E-state index contributed by atoms with van der Waals surface area (Å²) in [6.45, 7) is 3.12. The van der Waals surface area contributed by atoms with Gasteiger partial charge < -0.3 is 5.32 Å². The van der Waals surface area contributed by atoms with E-state index in [9.17, 15) is 19.2 Å². The standard InChI is InChI=1S/C17H15N3O4/c1-9-4-14(21)19(16(9)23)12-6-11(18-3)7-13(8-12)20-15(22)5-10(2)17(20)24/h4-8,18H,1-3H3. The fraction of sp³-hybridized carbons (Fsp3) is 0.176. The number of hydrogen-bond donors (Lipinski definition) is 1. The third-order valence-electron chi connectivity index (χ3n) is 3.91. The molecule has 0 bridgehead atoms. The maximum atomic E-state index is 12.2. The summed E-state index contributed by atoms with van der Waals surface area (Å²) in [6, 6.07) is 4.69. The minimum atomic E-state index is -0.454. The van der Waals surface area contributed by atoms with Crippen LogP contribution in [0, 0.1) is 0 Å². The van der Waals surface area contributed by atoms with Gasteiger partial charge in [0.1, 0.15) is 0 Å². The summed E-state index contributed by atoms with van der Waals surface area (Å²) in [7, 11) is 1.66. The molecular formula is C17H15N3O4. The van der Waals surface area contributed by atoms with E-state index in [0.29, 0.717) is 28.2 Å². The van der Waals surface area contributed by atoms with Crippen molar-refractivity contribution in [1.29, 1.82) is 0 Å². The van der Waals surface area contributed by atoms with E-state index in [4.69, 9.17) is 0 Å². The number of imide groups is 2. The number of nitrogens with one attached hydrogen (secondary N) is 1. The molecule has 1 aromatic carbocycles. The van der Waals surface area contributed by atoms with Crippen LogP contribution in [-0.2, 0) is 19.2 Å². The summed E-state index contributed by atoms with van der Waals surface area (Å²) in [5.41, 5.74) is 1.83. The maximum absolute atomic E-state index is 12.2. The lowest BCUT2D eigenvalue weighted by molar-refractivity contribution is -0.121. The Kier molecular flexibility index (Phi) is 3.56. The first-order valence-electron chi connectivity index (χ1n) is 7.29. The second-order valence-electron chi connectivity index (χ2n) is 5.60. The van der Waals surface area contributed by atoms with Gasteiger partial charge in [0.15, 0.2) is 0 Å². The van der Waals surface area contributed by atoms with Gasteiger partial charge in [-0.15, -0.1) is 0 Å². The number of anilines is 3. The van der Waals surface area contributed by atoms with Crippen LogP contribution < -0.4 is 15.1 Å².